The van der Waals surface area contributed by atoms with Gasteiger partial charge in [0.25, 0.3) is 0 Å². The Morgan fingerprint density at radius 1 is 1.06 bits per heavy atom. The van der Waals surface area contributed by atoms with E-state index < -0.39 is 0 Å². The Morgan fingerprint density at radius 2 is 1.67 bits per heavy atom. The maximum absolute atomic E-state index is 5.64. The van der Waals surface area contributed by atoms with E-state index in [1.165, 1.54) is 44.9 Å². The van der Waals surface area contributed by atoms with Gasteiger partial charge >= 0.3 is 0 Å². The summed E-state index contributed by atoms with van der Waals surface area (Å²) in [5, 5.41) is 3.89. The van der Waals surface area contributed by atoms with Crippen LogP contribution in [0.2, 0.25) is 0 Å². The molecule has 0 aromatic heterocycles. The molecule has 2 unspecified atom stereocenters. The molecule has 0 aromatic carbocycles. The first-order valence-electron chi connectivity index (χ1n) is 7.85. The molecule has 3 rings (SSSR count). The van der Waals surface area contributed by atoms with Gasteiger partial charge in [-0.2, -0.15) is 0 Å². The molecule has 104 valence electrons. The molecular formula is C15H28N2O. The fourth-order valence-electron chi connectivity index (χ4n) is 4.16. The predicted octanol–water partition coefficient (Wildman–Crippen LogP) is 2.16. The summed E-state index contributed by atoms with van der Waals surface area (Å²) in [5.41, 5.74) is 0. The molecule has 0 radical (unpaired) electrons. The molecule has 2 bridgehead atoms. The van der Waals surface area contributed by atoms with Gasteiger partial charge in [0.05, 0.1) is 6.10 Å². The third-order valence-corrected chi connectivity index (χ3v) is 5.31. The average Bonchev–Trinajstić information content (AvgIpc) is 2.27. The normalized spacial score (nSPS) is 44.7. The second-order valence-electron chi connectivity index (χ2n) is 6.48. The molecule has 1 saturated carbocycles. The van der Waals surface area contributed by atoms with E-state index in [-0.39, 0.29) is 0 Å². The van der Waals surface area contributed by atoms with Crippen molar-refractivity contribution in [2.24, 2.45) is 0 Å². The van der Waals surface area contributed by atoms with Crippen LogP contribution in [0.5, 0.6) is 0 Å². The summed E-state index contributed by atoms with van der Waals surface area (Å²) in [5.74, 6) is 0. The van der Waals surface area contributed by atoms with Crippen LogP contribution in [0.3, 0.4) is 0 Å². The molecular weight excluding hydrogens is 224 g/mol. The highest BCUT2D eigenvalue weighted by Crippen LogP contribution is 2.34. The summed E-state index contributed by atoms with van der Waals surface area (Å²) in [6.45, 7) is 2.97. The molecule has 18 heavy (non-hydrogen) atoms. The molecule has 0 amide bonds. The molecule has 3 aliphatic rings. The zero-order valence-corrected chi connectivity index (χ0v) is 11.9. The minimum absolute atomic E-state index is 0.540. The molecule has 2 heterocycles. The van der Waals surface area contributed by atoms with Crippen molar-refractivity contribution in [1.29, 1.82) is 0 Å². The zero-order chi connectivity index (χ0) is 12.5. The minimum atomic E-state index is 0.540. The minimum Gasteiger partial charge on any atom is -0.378 e. The van der Waals surface area contributed by atoms with Crippen molar-refractivity contribution < 1.29 is 4.74 Å². The van der Waals surface area contributed by atoms with Crippen molar-refractivity contribution in [3.05, 3.63) is 0 Å². The van der Waals surface area contributed by atoms with Crippen molar-refractivity contribution in [1.82, 2.24) is 10.2 Å². The molecule has 1 N–H and O–H groups in total. The number of hydrogen-bond acceptors (Lipinski definition) is 3. The van der Waals surface area contributed by atoms with Gasteiger partial charge in [0.15, 0.2) is 0 Å². The first kappa shape index (κ1) is 12.9. The molecule has 2 aliphatic heterocycles. The average molecular weight is 252 g/mol. The quantitative estimate of drug-likeness (QED) is 0.830. The summed E-state index contributed by atoms with van der Waals surface area (Å²) < 4.78 is 5.64. The molecule has 3 nitrogen and oxygen atoms in total. The zero-order valence-electron chi connectivity index (χ0n) is 11.9. The number of nitrogens with zero attached hydrogens (tertiary/aromatic N) is 1. The number of nitrogens with one attached hydrogen (secondary N) is 1. The maximum atomic E-state index is 5.64. The Kier molecular flexibility index (Phi) is 3.92. The van der Waals surface area contributed by atoms with Gasteiger partial charge in [0.1, 0.15) is 0 Å². The predicted molar refractivity (Wildman–Crippen MR) is 73.8 cm³/mol. The largest absolute Gasteiger partial charge is 0.378 e. The Hall–Kier alpha value is -0.120. The van der Waals surface area contributed by atoms with Gasteiger partial charge < -0.3 is 15.0 Å². The van der Waals surface area contributed by atoms with Crippen LogP contribution in [-0.2, 0) is 4.74 Å². The molecule has 0 spiro atoms. The van der Waals surface area contributed by atoms with E-state index >= 15 is 0 Å². The lowest BCUT2D eigenvalue weighted by molar-refractivity contribution is -0.0204. The van der Waals surface area contributed by atoms with E-state index in [0.29, 0.717) is 6.10 Å². The summed E-state index contributed by atoms with van der Waals surface area (Å²) in [6, 6.07) is 3.19. The van der Waals surface area contributed by atoms with E-state index in [1.54, 1.807) is 0 Å². The second-order valence-corrected chi connectivity index (χ2v) is 6.48. The van der Waals surface area contributed by atoms with Gasteiger partial charge in [0.2, 0.25) is 0 Å². The molecule has 0 aromatic rings. The lowest BCUT2D eigenvalue weighted by Gasteiger charge is -2.49. The highest BCUT2D eigenvalue weighted by Gasteiger charge is 2.38. The van der Waals surface area contributed by atoms with Crippen LogP contribution in [0, 0.1) is 0 Å². The fourth-order valence-corrected chi connectivity index (χ4v) is 4.16. The van der Waals surface area contributed by atoms with Gasteiger partial charge in [-0.25, -0.2) is 0 Å². The summed E-state index contributed by atoms with van der Waals surface area (Å²) in [7, 11) is 2.33. The van der Waals surface area contributed by atoms with Crippen LogP contribution in [0.4, 0.5) is 0 Å². The lowest BCUT2D eigenvalue weighted by atomic mass is 9.80. The number of fused-ring (bicyclic) bond motifs is 2. The molecule has 2 atom stereocenters. The Balaban J connectivity index is 1.45. The van der Waals surface area contributed by atoms with Crippen LogP contribution >= 0.6 is 0 Å². The van der Waals surface area contributed by atoms with Gasteiger partial charge in [-0.15, -0.1) is 0 Å². The van der Waals surface area contributed by atoms with Crippen LogP contribution in [0.25, 0.3) is 0 Å². The second kappa shape index (κ2) is 5.48. The topological polar surface area (TPSA) is 24.5 Å². The van der Waals surface area contributed by atoms with Crippen molar-refractivity contribution in [2.75, 3.05) is 13.7 Å². The summed E-state index contributed by atoms with van der Waals surface area (Å²) in [4.78, 5) is 2.64. The van der Waals surface area contributed by atoms with Crippen LogP contribution in [-0.4, -0.2) is 48.8 Å². The summed E-state index contributed by atoms with van der Waals surface area (Å²) in [6.07, 6.45) is 10.0. The standard InChI is InChI=1S/C15H28N2O/c1-3-18-15-9-12(10-15)16-11-7-13-5-4-6-14(8-11)17(13)2/h11-16H,3-10H2,1-2H3. The maximum Gasteiger partial charge on any atom is 0.0604 e. The highest BCUT2D eigenvalue weighted by molar-refractivity contribution is 4.96. The Labute approximate surface area is 111 Å². The van der Waals surface area contributed by atoms with E-state index in [9.17, 15) is 0 Å². The first-order chi connectivity index (χ1) is 8.76. The van der Waals surface area contributed by atoms with E-state index in [2.05, 4.69) is 24.2 Å². The third kappa shape index (κ3) is 2.59. The number of rotatable bonds is 4. The molecule has 2 saturated heterocycles. The number of ether oxygens (including phenoxy) is 1. The van der Waals surface area contributed by atoms with Crippen molar-refractivity contribution in [3.63, 3.8) is 0 Å². The van der Waals surface area contributed by atoms with Gasteiger partial charge in [-0.1, -0.05) is 6.42 Å². The number of piperidine rings is 2. The third-order valence-electron chi connectivity index (χ3n) is 5.31. The van der Waals surface area contributed by atoms with Crippen molar-refractivity contribution >= 4 is 0 Å². The number of hydrogen-bond donors (Lipinski definition) is 1. The van der Waals surface area contributed by atoms with Crippen molar-refractivity contribution in [3.8, 4) is 0 Å². The SMILES string of the molecule is CCOC1CC(NC2CC3CCCC(C2)N3C)C1. The molecule has 3 heteroatoms. The van der Waals surface area contributed by atoms with E-state index in [0.717, 1.165) is 30.8 Å². The summed E-state index contributed by atoms with van der Waals surface area (Å²) >= 11 is 0. The van der Waals surface area contributed by atoms with Crippen molar-refractivity contribution in [2.45, 2.75) is 82.1 Å². The monoisotopic (exact) mass is 252 g/mol. The molecule has 1 aliphatic carbocycles. The van der Waals surface area contributed by atoms with Crippen LogP contribution < -0.4 is 5.32 Å². The van der Waals surface area contributed by atoms with Crippen LogP contribution in [0.15, 0.2) is 0 Å². The Morgan fingerprint density at radius 3 is 2.28 bits per heavy atom. The lowest BCUT2D eigenvalue weighted by Crippen LogP contribution is -2.58. The van der Waals surface area contributed by atoms with E-state index in [1.807, 2.05) is 0 Å². The highest BCUT2D eigenvalue weighted by atomic mass is 16.5. The molecule has 3 fully saturated rings. The first-order valence-corrected chi connectivity index (χ1v) is 7.85. The van der Waals surface area contributed by atoms with E-state index in [4.69, 9.17) is 4.74 Å². The van der Waals surface area contributed by atoms with Gasteiger partial charge in [-0.05, 0) is 52.5 Å². The van der Waals surface area contributed by atoms with Crippen LogP contribution in [0.1, 0.15) is 51.9 Å². The fraction of sp³-hybridized carbons (Fsp3) is 1.00. The van der Waals surface area contributed by atoms with Gasteiger partial charge in [0, 0.05) is 30.8 Å². The smallest absolute Gasteiger partial charge is 0.0604 e. The van der Waals surface area contributed by atoms with Gasteiger partial charge in [-0.3, -0.25) is 0 Å². The Bertz CT molecular complexity index is 264.